The third-order valence-electron chi connectivity index (χ3n) is 4.92. The van der Waals surface area contributed by atoms with Crippen molar-refractivity contribution < 1.29 is 4.74 Å². The van der Waals surface area contributed by atoms with Crippen LogP contribution in [0.15, 0.2) is 0 Å². The van der Waals surface area contributed by atoms with Crippen LogP contribution in [0.25, 0.3) is 0 Å². The van der Waals surface area contributed by atoms with Gasteiger partial charge >= 0.3 is 0 Å². The fourth-order valence-electron chi connectivity index (χ4n) is 3.48. The highest BCUT2D eigenvalue weighted by Crippen LogP contribution is 2.24. The van der Waals surface area contributed by atoms with E-state index in [1.54, 1.807) is 0 Å². The van der Waals surface area contributed by atoms with Gasteiger partial charge in [-0.2, -0.15) is 0 Å². The monoisotopic (exact) mass is 297 g/mol. The molecule has 0 atom stereocenters. The Balaban J connectivity index is 1.42. The van der Waals surface area contributed by atoms with Crippen molar-refractivity contribution in [3.8, 4) is 0 Å². The summed E-state index contributed by atoms with van der Waals surface area (Å²) in [5, 5.41) is 3.50. The standard InChI is InChI=1S/C17H35N3O/c1-2-3-15-21-16-9-18-8-10-19-11-13-20(14-12-19)17-6-4-5-7-17/h17-18H,2-16H2,1H3. The maximum Gasteiger partial charge on any atom is 0.0590 e. The maximum absolute atomic E-state index is 5.55. The lowest BCUT2D eigenvalue weighted by Gasteiger charge is -2.38. The number of rotatable bonds is 10. The molecule has 0 radical (unpaired) electrons. The molecule has 1 heterocycles. The highest BCUT2D eigenvalue weighted by atomic mass is 16.5. The number of unbranched alkanes of at least 4 members (excludes halogenated alkanes) is 1. The Morgan fingerprint density at radius 3 is 2.48 bits per heavy atom. The van der Waals surface area contributed by atoms with Gasteiger partial charge in [0.15, 0.2) is 0 Å². The van der Waals surface area contributed by atoms with E-state index in [4.69, 9.17) is 4.74 Å². The topological polar surface area (TPSA) is 27.7 Å². The summed E-state index contributed by atoms with van der Waals surface area (Å²) in [7, 11) is 0. The molecule has 1 aliphatic heterocycles. The quantitative estimate of drug-likeness (QED) is 0.624. The summed E-state index contributed by atoms with van der Waals surface area (Å²) in [5.41, 5.74) is 0. The molecule has 124 valence electrons. The molecule has 2 fully saturated rings. The minimum absolute atomic E-state index is 0.857. The molecule has 0 unspecified atom stereocenters. The van der Waals surface area contributed by atoms with Gasteiger partial charge in [0, 0.05) is 58.5 Å². The summed E-state index contributed by atoms with van der Waals surface area (Å²) in [6.07, 6.45) is 8.20. The highest BCUT2D eigenvalue weighted by molar-refractivity contribution is 4.82. The summed E-state index contributed by atoms with van der Waals surface area (Å²) in [6.45, 7) is 12.3. The third-order valence-corrected chi connectivity index (χ3v) is 4.92. The van der Waals surface area contributed by atoms with E-state index in [2.05, 4.69) is 22.0 Å². The van der Waals surface area contributed by atoms with Crippen molar-refractivity contribution in [2.75, 3.05) is 59.0 Å². The zero-order valence-corrected chi connectivity index (χ0v) is 14.0. The lowest BCUT2D eigenvalue weighted by atomic mass is 10.2. The van der Waals surface area contributed by atoms with Crippen molar-refractivity contribution in [3.63, 3.8) is 0 Å². The predicted octanol–water partition coefficient (Wildman–Crippen LogP) is 1.95. The van der Waals surface area contributed by atoms with Crippen LogP contribution in [0, 0.1) is 0 Å². The van der Waals surface area contributed by atoms with E-state index in [9.17, 15) is 0 Å². The zero-order chi connectivity index (χ0) is 14.8. The van der Waals surface area contributed by atoms with Crippen molar-refractivity contribution in [3.05, 3.63) is 0 Å². The number of nitrogens with zero attached hydrogens (tertiary/aromatic N) is 2. The predicted molar refractivity (Wildman–Crippen MR) is 88.9 cm³/mol. The van der Waals surface area contributed by atoms with Crippen LogP contribution in [0.3, 0.4) is 0 Å². The molecule has 0 bridgehead atoms. The SMILES string of the molecule is CCCCOCCNCCN1CCN(C2CCCC2)CC1. The van der Waals surface area contributed by atoms with Gasteiger partial charge in [-0.1, -0.05) is 26.2 Å². The Hall–Kier alpha value is -0.160. The van der Waals surface area contributed by atoms with E-state index in [0.29, 0.717) is 0 Å². The Labute approximate surface area is 131 Å². The second-order valence-corrected chi connectivity index (χ2v) is 6.53. The molecule has 0 amide bonds. The van der Waals surface area contributed by atoms with E-state index in [0.717, 1.165) is 32.3 Å². The molecule has 1 saturated carbocycles. The van der Waals surface area contributed by atoms with Gasteiger partial charge in [-0.25, -0.2) is 0 Å². The van der Waals surface area contributed by atoms with E-state index < -0.39 is 0 Å². The molecule has 1 saturated heterocycles. The molecular formula is C17H35N3O. The van der Waals surface area contributed by atoms with Crippen molar-refractivity contribution in [2.24, 2.45) is 0 Å². The second kappa shape index (κ2) is 10.5. The minimum atomic E-state index is 0.857. The average Bonchev–Trinajstić information content (AvgIpc) is 3.05. The van der Waals surface area contributed by atoms with Crippen LogP contribution in [-0.2, 0) is 4.74 Å². The molecule has 4 heteroatoms. The first-order valence-corrected chi connectivity index (χ1v) is 9.15. The second-order valence-electron chi connectivity index (χ2n) is 6.53. The van der Waals surface area contributed by atoms with Gasteiger partial charge in [0.1, 0.15) is 0 Å². The molecule has 0 aromatic carbocycles. The molecule has 2 rings (SSSR count). The van der Waals surface area contributed by atoms with Crippen LogP contribution in [-0.4, -0.2) is 74.9 Å². The first kappa shape index (κ1) is 17.2. The minimum Gasteiger partial charge on any atom is -0.380 e. The molecule has 0 aromatic rings. The molecule has 0 aromatic heterocycles. The molecule has 1 aliphatic carbocycles. The van der Waals surface area contributed by atoms with Gasteiger partial charge in [-0.05, 0) is 19.3 Å². The van der Waals surface area contributed by atoms with Gasteiger partial charge in [-0.3, -0.25) is 9.80 Å². The first-order valence-electron chi connectivity index (χ1n) is 9.15. The van der Waals surface area contributed by atoms with Gasteiger partial charge in [0.25, 0.3) is 0 Å². The molecule has 0 spiro atoms. The van der Waals surface area contributed by atoms with Crippen molar-refractivity contribution in [1.82, 2.24) is 15.1 Å². The highest BCUT2D eigenvalue weighted by Gasteiger charge is 2.25. The molecule has 1 N–H and O–H groups in total. The van der Waals surface area contributed by atoms with Crippen LogP contribution in [0.2, 0.25) is 0 Å². The lowest BCUT2D eigenvalue weighted by Crippen LogP contribution is -2.50. The number of hydrogen-bond acceptors (Lipinski definition) is 4. The largest absolute Gasteiger partial charge is 0.380 e. The molecule has 21 heavy (non-hydrogen) atoms. The average molecular weight is 297 g/mol. The number of ether oxygens (including phenoxy) is 1. The third kappa shape index (κ3) is 6.64. The fourth-order valence-corrected chi connectivity index (χ4v) is 3.48. The lowest BCUT2D eigenvalue weighted by molar-refractivity contribution is 0.0969. The summed E-state index contributed by atoms with van der Waals surface area (Å²) >= 11 is 0. The maximum atomic E-state index is 5.55. The number of piperazine rings is 1. The first-order chi connectivity index (χ1) is 10.4. The van der Waals surface area contributed by atoms with Crippen molar-refractivity contribution in [1.29, 1.82) is 0 Å². The Morgan fingerprint density at radius 1 is 1.00 bits per heavy atom. The number of nitrogens with one attached hydrogen (secondary N) is 1. The van der Waals surface area contributed by atoms with Crippen LogP contribution >= 0.6 is 0 Å². The zero-order valence-electron chi connectivity index (χ0n) is 14.0. The van der Waals surface area contributed by atoms with E-state index in [-0.39, 0.29) is 0 Å². The number of hydrogen-bond donors (Lipinski definition) is 1. The van der Waals surface area contributed by atoms with Gasteiger partial charge in [-0.15, -0.1) is 0 Å². The van der Waals surface area contributed by atoms with E-state index >= 15 is 0 Å². The van der Waals surface area contributed by atoms with Crippen molar-refractivity contribution in [2.45, 2.75) is 51.5 Å². The van der Waals surface area contributed by atoms with Gasteiger partial charge < -0.3 is 10.1 Å². The summed E-state index contributed by atoms with van der Waals surface area (Å²) in [4.78, 5) is 5.34. The van der Waals surface area contributed by atoms with Crippen LogP contribution < -0.4 is 5.32 Å². The summed E-state index contributed by atoms with van der Waals surface area (Å²) in [5.74, 6) is 0. The van der Waals surface area contributed by atoms with E-state index in [1.165, 1.54) is 71.2 Å². The Morgan fingerprint density at radius 2 is 1.76 bits per heavy atom. The van der Waals surface area contributed by atoms with Gasteiger partial charge in [0.2, 0.25) is 0 Å². The summed E-state index contributed by atoms with van der Waals surface area (Å²) < 4.78 is 5.55. The normalized spacial score (nSPS) is 22.1. The van der Waals surface area contributed by atoms with Crippen LogP contribution in [0.4, 0.5) is 0 Å². The fraction of sp³-hybridized carbons (Fsp3) is 1.00. The Bertz CT molecular complexity index is 248. The molecular weight excluding hydrogens is 262 g/mol. The Kier molecular flexibility index (Phi) is 8.64. The van der Waals surface area contributed by atoms with Gasteiger partial charge in [0.05, 0.1) is 6.61 Å². The summed E-state index contributed by atoms with van der Waals surface area (Å²) in [6, 6.07) is 0.908. The van der Waals surface area contributed by atoms with E-state index in [1.807, 2.05) is 0 Å². The van der Waals surface area contributed by atoms with Crippen LogP contribution in [0.5, 0.6) is 0 Å². The van der Waals surface area contributed by atoms with Crippen molar-refractivity contribution >= 4 is 0 Å². The molecule has 2 aliphatic rings. The smallest absolute Gasteiger partial charge is 0.0590 e. The van der Waals surface area contributed by atoms with Crippen LogP contribution in [0.1, 0.15) is 45.4 Å². The molecule has 4 nitrogen and oxygen atoms in total.